The zero-order valence-electron chi connectivity index (χ0n) is 23.5. The summed E-state index contributed by atoms with van der Waals surface area (Å²) < 4.78 is 14.3. The molecule has 2 fully saturated rings. The lowest BCUT2D eigenvalue weighted by Gasteiger charge is -2.35. The first kappa shape index (κ1) is 30.2. The molecule has 0 aromatic heterocycles. The zero-order valence-corrected chi connectivity index (χ0v) is 25.8. The van der Waals surface area contributed by atoms with Crippen LogP contribution in [0, 0.1) is 11.7 Å². The van der Waals surface area contributed by atoms with Crippen LogP contribution in [-0.4, -0.2) is 53.7 Å². The molecule has 220 valence electrons. The van der Waals surface area contributed by atoms with Gasteiger partial charge < -0.3 is 15.1 Å². The minimum Gasteiger partial charge on any atom is -0.339 e. The number of nitrogens with one attached hydrogen (secondary N) is 1. The second kappa shape index (κ2) is 13.4. The van der Waals surface area contributed by atoms with Crippen molar-refractivity contribution >= 4 is 50.9 Å². The number of carbonyl (C=O) groups is 3. The Morgan fingerprint density at radius 1 is 0.929 bits per heavy atom. The summed E-state index contributed by atoms with van der Waals surface area (Å²) in [4.78, 5) is 42.4. The lowest BCUT2D eigenvalue weighted by atomic mass is 9.81. The van der Waals surface area contributed by atoms with Crippen molar-refractivity contribution in [3.05, 3.63) is 98.7 Å². The largest absolute Gasteiger partial charge is 0.339 e. The summed E-state index contributed by atoms with van der Waals surface area (Å²) in [5, 5.41) is 3.63. The number of halogens is 3. The summed E-state index contributed by atoms with van der Waals surface area (Å²) >= 11 is 9.08. The van der Waals surface area contributed by atoms with Crippen molar-refractivity contribution in [2.75, 3.05) is 25.5 Å². The minimum atomic E-state index is -0.486. The van der Waals surface area contributed by atoms with Gasteiger partial charge in [0.1, 0.15) is 5.82 Å². The number of piperidine rings is 1. The second-order valence-corrected chi connectivity index (χ2v) is 12.5. The SMILES string of the molecule is CN(C(=O)c1ccc(Cl)cc1)C1CCC(c2ccc(NC(=O)C3CCCN(C(=O)c4ccc(Br)c(F)c4)C3)cc2)CC1. The first-order chi connectivity index (χ1) is 20.2. The van der Waals surface area contributed by atoms with Crippen LogP contribution >= 0.6 is 27.5 Å². The molecule has 1 N–H and O–H groups in total. The molecule has 1 aliphatic carbocycles. The van der Waals surface area contributed by atoms with Gasteiger partial charge in [-0.2, -0.15) is 0 Å². The first-order valence-corrected chi connectivity index (χ1v) is 15.5. The van der Waals surface area contributed by atoms with Crippen LogP contribution in [-0.2, 0) is 4.79 Å². The van der Waals surface area contributed by atoms with Crippen LogP contribution in [0.2, 0.25) is 5.02 Å². The molecule has 0 spiro atoms. The topological polar surface area (TPSA) is 69.7 Å². The number of rotatable bonds is 6. The Balaban J connectivity index is 1.12. The number of benzene rings is 3. The van der Waals surface area contributed by atoms with Crippen LogP contribution in [0.1, 0.15) is 70.7 Å². The first-order valence-electron chi connectivity index (χ1n) is 14.4. The average Bonchev–Trinajstić information content (AvgIpc) is 3.02. The fourth-order valence-electron chi connectivity index (χ4n) is 6.03. The third-order valence-corrected chi connectivity index (χ3v) is 9.45. The Morgan fingerprint density at radius 3 is 2.26 bits per heavy atom. The summed E-state index contributed by atoms with van der Waals surface area (Å²) in [6.07, 6.45) is 5.25. The van der Waals surface area contributed by atoms with Gasteiger partial charge in [0, 0.05) is 48.0 Å². The third-order valence-electron chi connectivity index (χ3n) is 8.55. The molecule has 0 radical (unpaired) electrons. The summed E-state index contributed by atoms with van der Waals surface area (Å²) in [7, 11) is 1.88. The number of nitrogens with zero attached hydrogens (tertiary/aromatic N) is 2. The van der Waals surface area contributed by atoms with Crippen molar-refractivity contribution in [1.29, 1.82) is 0 Å². The van der Waals surface area contributed by atoms with E-state index in [2.05, 4.69) is 33.4 Å². The Labute approximate surface area is 259 Å². The molecule has 42 heavy (non-hydrogen) atoms. The van der Waals surface area contributed by atoms with E-state index in [0.717, 1.165) is 31.4 Å². The Morgan fingerprint density at radius 2 is 1.60 bits per heavy atom. The summed E-state index contributed by atoms with van der Waals surface area (Å²) in [5.74, 6) is -0.769. The van der Waals surface area contributed by atoms with Gasteiger partial charge in [0.25, 0.3) is 11.8 Å². The molecule has 1 saturated carbocycles. The number of amides is 3. The van der Waals surface area contributed by atoms with Crippen molar-refractivity contribution in [1.82, 2.24) is 9.80 Å². The fourth-order valence-corrected chi connectivity index (χ4v) is 6.40. The predicted molar refractivity (Wildman–Crippen MR) is 166 cm³/mol. The molecule has 3 aromatic carbocycles. The highest BCUT2D eigenvalue weighted by Gasteiger charge is 2.30. The molecule has 0 bridgehead atoms. The van der Waals surface area contributed by atoms with Gasteiger partial charge >= 0.3 is 0 Å². The molecule has 1 saturated heterocycles. The zero-order chi connectivity index (χ0) is 29.8. The normalized spacial score (nSPS) is 20.6. The highest BCUT2D eigenvalue weighted by Crippen LogP contribution is 2.35. The van der Waals surface area contributed by atoms with E-state index in [-0.39, 0.29) is 35.2 Å². The van der Waals surface area contributed by atoms with Gasteiger partial charge in [0.2, 0.25) is 5.91 Å². The quantitative estimate of drug-likeness (QED) is 0.299. The lowest BCUT2D eigenvalue weighted by Crippen LogP contribution is -2.43. The summed E-state index contributed by atoms with van der Waals surface area (Å²) in [5.41, 5.74) is 2.88. The molecule has 2 aliphatic rings. The van der Waals surface area contributed by atoms with Crippen molar-refractivity contribution < 1.29 is 18.8 Å². The van der Waals surface area contributed by atoms with E-state index in [4.69, 9.17) is 11.6 Å². The summed E-state index contributed by atoms with van der Waals surface area (Å²) in [6, 6.07) is 19.6. The van der Waals surface area contributed by atoms with E-state index < -0.39 is 5.82 Å². The van der Waals surface area contributed by atoms with Crippen LogP contribution in [0.3, 0.4) is 0 Å². The highest BCUT2D eigenvalue weighted by molar-refractivity contribution is 9.10. The van der Waals surface area contributed by atoms with Gasteiger partial charge in [0.15, 0.2) is 0 Å². The van der Waals surface area contributed by atoms with Crippen molar-refractivity contribution in [3.8, 4) is 0 Å². The number of carbonyl (C=O) groups excluding carboxylic acids is 3. The maximum Gasteiger partial charge on any atom is 0.253 e. The molecule has 3 aromatic rings. The Bertz CT molecular complexity index is 1440. The van der Waals surface area contributed by atoms with Gasteiger partial charge in [0.05, 0.1) is 10.4 Å². The summed E-state index contributed by atoms with van der Waals surface area (Å²) in [6.45, 7) is 0.848. The van der Waals surface area contributed by atoms with Gasteiger partial charge in [-0.3, -0.25) is 14.4 Å². The van der Waals surface area contributed by atoms with Crippen LogP contribution in [0.5, 0.6) is 0 Å². The molecule has 1 heterocycles. The predicted octanol–water partition coefficient (Wildman–Crippen LogP) is 7.53. The van der Waals surface area contributed by atoms with Crippen LogP contribution in [0.4, 0.5) is 10.1 Å². The monoisotopic (exact) mass is 653 g/mol. The Kier molecular flexibility index (Phi) is 9.63. The highest BCUT2D eigenvalue weighted by atomic mass is 79.9. The maximum atomic E-state index is 13.9. The molecule has 9 heteroatoms. The Hall–Kier alpha value is -3.23. The van der Waals surface area contributed by atoms with Gasteiger partial charge in [-0.05, 0) is 121 Å². The van der Waals surface area contributed by atoms with E-state index >= 15 is 0 Å². The molecule has 6 nitrogen and oxygen atoms in total. The molecular weight excluding hydrogens is 621 g/mol. The van der Waals surface area contributed by atoms with Crippen molar-refractivity contribution in [2.45, 2.75) is 50.5 Å². The van der Waals surface area contributed by atoms with Gasteiger partial charge in [-0.15, -0.1) is 0 Å². The van der Waals surface area contributed by atoms with E-state index in [1.54, 1.807) is 35.2 Å². The molecule has 1 atom stereocenters. The second-order valence-electron chi connectivity index (χ2n) is 11.3. The van der Waals surface area contributed by atoms with Crippen LogP contribution in [0.25, 0.3) is 0 Å². The van der Waals surface area contributed by atoms with E-state index in [9.17, 15) is 18.8 Å². The van der Waals surface area contributed by atoms with Crippen molar-refractivity contribution in [3.63, 3.8) is 0 Å². The average molecular weight is 655 g/mol. The third kappa shape index (κ3) is 7.04. The van der Waals surface area contributed by atoms with E-state index in [1.807, 2.05) is 24.1 Å². The molecule has 1 aliphatic heterocycles. The standard InChI is InChI=1S/C33H34BrClFN3O3/c1-38(32(41)23-4-11-26(35)12-5-23)28-15-8-22(9-16-28)21-6-13-27(14-7-21)37-31(40)25-3-2-18-39(20-25)33(42)24-10-17-29(34)30(36)19-24/h4-7,10-14,17,19,22,25,28H,2-3,8-9,15-16,18,20H2,1H3,(H,37,40). The molecule has 3 amide bonds. The van der Waals surface area contributed by atoms with Crippen LogP contribution in [0.15, 0.2) is 71.2 Å². The maximum absolute atomic E-state index is 13.9. The lowest BCUT2D eigenvalue weighted by molar-refractivity contribution is -0.121. The minimum absolute atomic E-state index is 0.0165. The molecule has 1 unspecified atom stereocenters. The van der Waals surface area contributed by atoms with Crippen molar-refractivity contribution in [2.24, 2.45) is 5.92 Å². The number of likely N-dealkylation sites (tertiary alicyclic amines) is 1. The van der Waals surface area contributed by atoms with Crippen LogP contribution < -0.4 is 5.32 Å². The molecular formula is C33H34BrClFN3O3. The smallest absolute Gasteiger partial charge is 0.253 e. The number of hydrogen-bond acceptors (Lipinski definition) is 3. The number of anilines is 1. The number of hydrogen-bond donors (Lipinski definition) is 1. The molecule has 5 rings (SSSR count). The van der Waals surface area contributed by atoms with Gasteiger partial charge in [-0.25, -0.2) is 4.39 Å². The van der Waals surface area contributed by atoms with E-state index in [1.165, 1.54) is 17.7 Å². The fraction of sp³-hybridized carbons (Fsp3) is 0.364. The van der Waals surface area contributed by atoms with Gasteiger partial charge in [-0.1, -0.05) is 23.7 Å². The van der Waals surface area contributed by atoms with E-state index in [0.29, 0.717) is 46.9 Å².